The molecule has 0 atom stereocenters. The highest BCUT2D eigenvalue weighted by molar-refractivity contribution is 14.0. The lowest BCUT2D eigenvalue weighted by molar-refractivity contribution is 0.594. The van der Waals surface area contributed by atoms with Crippen LogP contribution in [0.4, 0.5) is 4.39 Å². The van der Waals surface area contributed by atoms with Gasteiger partial charge in [0.25, 0.3) is 0 Å². The van der Waals surface area contributed by atoms with Gasteiger partial charge in [0.15, 0.2) is 15.8 Å². The summed E-state index contributed by atoms with van der Waals surface area (Å²) in [6.07, 6.45) is 0. The van der Waals surface area contributed by atoms with Crippen molar-refractivity contribution < 1.29 is 12.8 Å². The van der Waals surface area contributed by atoms with Gasteiger partial charge in [-0.1, -0.05) is 28.1 Å². The Morgan fingerprint density at radius 2 is 1.85 bits per heavy atom. The van der Waals surface area contributed by atoms with E-state index >= 15 is 0 Å². The standard InChI is InChI=1S/C17H19BrFN3O2S.HI/c1-20-17(22-12-13-3-2-4-15(19)11-13)21-9-10-25(23,24)16-7-5-14(18)6-8-16;/h2-8,11H,9-10,12H2,1H3,(H2,20,21,22);1H. The molecule has 0 aliphatic carbocycles. The Morgan fingerprint density at radius 1 is 1.15 bits per heavy atom. The molecule has 0 unspecified atom stereocenters. The lowest BCUT2D eigenvalue weighted by atomic mass is 10.2. The molecule has 0 radical (unpaired) electrons. The summed E-state index contributed by atoms with van der Waals surface area (Å²) in [5, 5.41) is 5.97. The first-order valence-electron chi connectivity index (χ1n) is 7.58. The predicted molar refractivity (Wildman–Crippen MR) is 116 cm³/mol. The van der Waals surface area contributed by atoms with Crippen molar-refractivity contribution in [1.29, 1.82) is 0 Å². The molecule has 2 aromatic carbocycles. The molecule has 26 heavy (non-hydrogen) atoms. The van der Waals surface area contributed by atoms with E-state index in [2.05, 4.69) is 31.6 Å². The van der Waals surface area contributed by atoms with Gasteiger partial charge in [-0.2, -0.15) is 0 Å². The first kappa shape index (κ1) is 22.8. The van der Waals surface area contributed by atoms with Crippen LogP contribution in [0, 0.1) is 5.82 Å². The van der Waals surface area contributed by atoms with Crippen molar-refractivity contribution >= 4 is 55.7 Å². The molecule has 0 saturated heterocycles. The van der Waals surface area contributed by atoms with Crippen LogP contribution in [-0.4, -0.2) is 33.7 Å². The van der Waals surface area contributed by atoms with Gasteiger partial charge in [-0.3, -0.25) is 4.99 Å². The van der Waals surface area contributed by atoms with E-state index in [-0.39, 0.29) is 47.0 Å². The number of rotatable bonds is 6. The fraction of sp³-hybridized carbons (Fsp3) is 0.235. The summed E-state index contributed by atoms with van der Waals surface area (Å²) in [7, 11) is -1.78. The number of halogens is 3. The Labute approximate surface area is 178 Å². The van der Waals surface area contributed by atoms with Crippen LogP contribution in [0.1, 0.15) is 5.56 Å². The molecule has 2 N–H and O–H groups in total. The van der Waals surface area contributed by atoms with Crippen molar-refractivity contribution in [2.45, 2.75) is 11.4 Å². The second kappa shape index (κ2) is 10.8. The minimum atomic E-state index is -3.37. The van der Waals surface area contributed by atoms with Crippen molar-refractivity contribution in [2.75, 3.05) is 19.3 Å². The summed E-state index contributed by atoms with van der Waals surface area (Å²) < 4.78 is 38.5. The summed E-state index contributed by atoms with van der Waals surface area (Å²) in [6, 6.07) is 12.8. The van der Waals surface area contributed by atoms with E-state index in [4.69, 9.17) is 0 Å². The van der Waals surface area contributed by atoms with Crippen molar-refractivity contribution in [3.8, 4) is 0 Å². The van der Waals surface area contributed by atoms with Gasteiger partial charge in [0.1, 0.15) is 5.82 Å². The number of nitrogens with zero attached hydrogens (tertiary/aromatic N) is 1. The van der Waals surface area contributed by atoms with Gasteiger partial charge in [0.05, 0.1) is 10.6 Å². The van der Waals surface area contributed by atoms with Crippen LogP contribution in [0.25, 0.3) is 0 Å². The maximum absolute atomic E-state index is 13.2. The van der Waals surface area contributed by atoms with Crippen LogP contribution in [-0.2, 0) is 16.4 Å². The van der Waals surface area contributed by atoms with Gasteiger partial charge in [-0.15, -0.1) is 24.0 Å². The van der Waals surface area contributed by atoms with Crippen molar-refractivity contribution in [3.05, 3.63) is 64.4 Å². The maximum atomic E-state index is 13.2. The largest absolute Gasteiger partial charge is 0.355 e. The molecule has 0 amide bonds. The van der Waals surface area contributed by atoms with E-state index in [9.17, 15) is 12.8 Å². The minimum Gasteiger partial charge on any atom is -0.355 e. The van der Waals surface area contributed by atoms with Gasteiger partial charge >= 0.3 is 0 Å². The number of nitrogens with one attached hydrogen (secondary N) is 2. The number of hydrogen-bond acceptors (Lipinski definition) is 3. The van der Waals surface area contributed by atoms with Crippen LogP contribution in [0.3, 0.4) is 0 Å². The fourth-order valence-electron chi connectivity index (χ4n) is 2.12. The second-order valence-corrected chi connectivity index (χ2v) is 8.28. The monoisotopic (exact) mass is 555 g/mol. The molecule has 0 spiro atoms. The van der Waals surface area contributed by atoms with Gasteiger partial charge in [-0.25, -0.2) is 12.8 Å². The van der Waals surface area contributed by atoms with Crippen molar-refractivity contribution in [1.82, 2.24) is 10.6 Å². The average molecular weight is 556 g/mol. The molecule has 0 aliphatic rings. The molecular formula is C17H20BrFIN3O2S. The zero-order chi connectivity index (χ0) is 18.3. The molecule has 142 valence electrons. The van der Waals surface area contributed by atoms with E-state index in [0.717, 1.165) is 10.0 Å². The summed E-state index contributed by atoms with van der Waals surface area (Å²) in [4.78, 5) is 4.31. The van der Waals surface area contributed by atoms with Gasteiger partial charge < -0.3 is 10.6 Å². The SMILES string of the molecule is CN=C(NCCS(=O)(=O)c1ccc(Br)cc1)NCc1cccc(F)c1.I. The summed E-state index contributed by atoms with van der Waals surface area (Å²) in [6.45, 7) is 0.595. The molecule has 2 aromatic rings. The van der Waals surface area contributed by atoms with Crippen LogP contribution in [0.15, 0.2) is 62.9 Å². The third-order valence-electron chi connectivity index (χ3n) is 3.41. The molecule has 0 aromatic heterocycles. The molecule has 0 fully saturated rings. The Balaban J connectivity index is 0.00000338. The third kappa shape index (κ3) is 7.20. The van der Waals surface area contributed by atoms with E-state index in [0.29, 0.717) is 12.5 Å². The zero-order valence-corrected chi connectivity index (χ0v) is 18.8. The Bertz CT molecular complexity index is 845. The molecule has 0 saturated carbocycles. The number of sulfone groups is 1. The summed E-state index contributed by atoms with van der Waals surface area (Å²) >= 11 is 3.28. The summed E-state index contributed by atoms with van der Waals surface area (Å²) in [5.41, 5.74) is 0.769. The van der Waals surface area contributed by atoms with E-state index in [1.54, 1.807) is 43.4 Å². The third-order valence-corrected chi connectivity index (χ3v) is 5.67. The minimum absolute atomic E-state index is 0. The van der Waals surface area contributed by atoms with Crippen LogP contribution in [0.2, 0.25) is 0 Å². The van der Waals surface area contributed by atoms with E-state index < -0.39 is 9.84 Å². The smallest absolute Gasteiger partial charge is 0.191 e. The second-order valence-electron chi connectivity index (χ2n) is 5.26. The molecular weight excluding hydrogens is 536 g/mol. The number of guanidine groups is 1. The van der Waals surface area contributed by atoms with Gasteiger partial charge in [0.2, 0.25) is 0 Å². The molecule has 5 nitrogen and oxygen atoms in total. The number of benzene rings is 2. The number of aliphatic imine (C=N–C) groups is 1. The fourth-order valence-corrected chi connectivity index (χ4v) is 3.54. The van der Waals surface area contributed by atoms with Crippen molar-refractivity contribution in [3.63, 3.8) is 0 Å². The quantitative estimate of drug-likeness (QED) is 0.326. The van der Waals surface area contributed by atoms with Crippen LogP contribution in [0.5, 0.6) is 0 Å². The van der Waals surface area contributed by atoms with E-state index in [1.165, 1.54) is 12.1 Å². The van der Waals surface area contributed by atoms with Gasteiger partial charge in [-0.05, 0) is 42.0 Å². The maximum Gasteiger partial charge on any atom is 0.191 e. The van der Waals surface area contributed by atoms with Crippen molar-refractivity contribution in [2.24, 2.45) is 4.99 Å². The molecule has 2 rings (SSSR count). The topological polar surface area (TPSA) is 70.6 Å². The highest BCUT2D eigenvalue weighted by atomic mass is 127. The average Bonchev–Trinajstić information content (AvgIpc) is 2.58. The first-order chi connectivity index (χ1) is 11.9. The zero-order valence-electron chi connectivity index (χ0n) is 14.1. The highest BCUT2D eigenvalue weighted by Gasteiger charge is 2.14. The first-order valence-corrected chi connectivity index (χ1v) is 10.0. The molecule has 0 aliphatic heterocycles. The molecule has 0 bridgehead atoms. The molecule has 0 heterocycles. The Morgan fingerprint density at radius 3 is 2.46 bits per heavy atom. The van der Waals surface area contributed by atoms with Crippen LogP contribution < -0.4 is 10.6 Å². The lowest BCUT2D eigenvalue weighted by Crippen LogP contribution is -2.39. The predicted octanol–water partition coefficient (Wildman–Crippen LogP) is 3.35. The van der Waals surface area contributed by atoms with Gasteiger partial charge in [0, 0.05) is 24.6 Å². The highest BCUT2D eigenvalue weighted by Crippen LogP contribution is 2.15. The van der Waals surface area contributed by atoms with E-state index in [1.807, 2.05) is 0 Å². The van der Waals surface area contributed by atoms with Crippen LogP contribution >= 0.6 is 39.9 Å². The summed E-state index contributed by atoms with van der Waals surface area (Å²) in [5.74, 6) is 0.0908. The Kier molecular flexibility index (Phi) is 9.51. The normalized spacial score (nSPS) is 11.6. The molecule has 9 heteroatoms. The Hall–Kier alpha value is -1.20. The lowest BCUT2D eigenvalue weighted by Gasteiger charge is -2.12. The number of hydrogen-bond donors (Lipinski definition) is 2.